The van der Waals surface area contributed by atoms with E-state index < -0.39 is 0 Å². The lowest BCUT2D eigenvalue weighted by molar-refractivity contribution is 0.215. The van der Waals surface area contributed by atoms with Crippen LogP contribution in [0.25, 0.3) is 0 Å². The second-order valence-corrected chi connectivity index (χ2v) is 7.02. The van der Waals surface area contributed by atoms with Crippen molar-refractivity contribution in [1.29, 1.82) is 0 Å². The molecule has 29 heavy (non-hydrogen) atoms. The maximum Gasteiger partial charge on any atom is 0.233 e. The second kappa shape index (κ2) is 11.9. The molecule has 0 fully saturated rings. The third kappa shape index (κ3) is 7.29. The summed E-state index contributed by atoms with van der Waals surface area (Å²) in [6.45, 7) is 7.61. The van der Waals surface area contributed by atoms with E-state index in [1.807, 2.05) is 32.2 Å². The molecule has 0 saturated heterocycles. The first-order valence-corrected chi connectivity index (χ1v) is 10.1. The summed E-state index contributed by atoms with van der Waals surface area (Å²) in [5.41, 5.74) is 4.87. The number of hydrogen-bond acceptors (Lipinski definition) is 5. The summed E-state index contributed by atoms with van der Waals surface area (Å²) < 4.78 is 13.2. The van der Waals surface area contributed by atoms with Crippen LogP contribution < -0.4 is 9.47 Å². The molecular formula is C23H33N3O3. The quantitative estimate of drug-likeness (QED) is 0.223. The Hall–Kier alpha value is -2.76. The van der Waals surface area contributed by atoms with Crippen molar-refractivity contribution in [2.24, 2.45) is 12.2 Å². The van der Waals surface area contributed by atoms with E-state index in [9.17, 15) is 0 Å². The summed E-state index contributed by atoms with van der Waals surface area (Å²) >= 11 is 0. The molecule has 1 aromatic heterocycles. The fraction of sp³-hybridized carbons (Fsp3) is 0.478. The van der Waals surface area contributed by atoms with Gasteiger partial charge in [-0.25, -0.2) is 0 Å². The number of hydrogen-bond donors (Lipinski definition) is 0. The molecule has 2 aromatic rings. The number of ether oxygens (including phenoxy) is 2. The van der Waals surface area contributed by atoms with Crippen molar-refractivity contribution in [3.63, 3.8) is 0 Å². The number of nitrogens with zero attached hydrogens (tertiary/aromatic N) is 3. The van der Waals surface area contributed by atoms with E-state index in [2.05, 4.69) is 36.2 Å². The molecule has 0 bridgehead atoms. The Balaban J connectivity index is 1.73. The number of unbranched alkanes of at least 4 members (excludes halogenated alkanes) is 2. The molecule has 6 heteroatoms. The van der Waals surface area contributed by atoms with Crippen LogP contribution in [0.2, 0.25) is 0 Å². The van der Waals surface area contributed by atoms with Gasteiger partial charge in [-0.1, -0.05) is 17.3 Å². The zero-order chi connectivity index (χ0) is 21.1. The fourth-order valence-electron chi connectivity index (χ4n) is 3.18. The molecule has 1 aromatic carbocycles. The summed E-state index contributed by atoms with van der Waals surface area (Å²) in [6, 6.07) is 6.14. The molecule has 0 aliphatic rings. The molecule has 158 valence electrons. The van der Waals surface area contributed by atoms with Gasteiger partial charge in [0, 0.05) is 13.1 Å². The maximum absolute atomic E-state index is 5.77. The average molecular weight is 400 g/mol. The second-order valence-electron chi connectivity index (χ2n) is 7.02. The van der Waals surface area contributed by atoms with Crippen LogP contribution in [-0.2, 0) is 18.3 Å². The van der Waals surface area contributed by atoms with Crippen molar-refractivity contribution in [1.82, 2.24) is 9.78 Å². The average Bonchev–Trinajstić information content (AvgIpc) is 3.04. The van der Waals surface area contributed by atoms with Crippen LogP contribution in [0, 0.1) is 13.8 Å². The molecule has 0 unspecified atom stereocenters. The molecule has 0 saturated carbocycles. The number of benzene rings is 1. The van der Waals surface area contributed by atoms with Gasteiger partial charge in [0.05, 0.1) is 18.5 Å². The van der Waals surface area contributed by atoms with Crippen LogP contribution in [-0.4, -0.2) is 36.3 Å². The van der Waals surface area contributed by atoms with E-state index in [0.29, 0.717) is 19.1 Å². The minimum Gasteiger partial charge on any atom is -0.490 e. The first-order chi connectivity index (χ1) is 14.0. The highest BCUT2D eigenvalue weighted by atomic mass is 16.6. The number of rotatable bonds is 12. The predicted molar refractivity (Wildman–Crippen MR) is 117 cm³/mol. The molecule has 0 aliphatic heterocycles. The van der Waals surface area contributed by atoms with Gasteiger partial charge in [0.15, 0.2) is 0 Å². The third-order valence-electron chi connectivity index (χ3n) is 4.76. The van der Waals surface area contributed by atoms with Gasteiger partial charge in [0.2, 0.25) is 5.88 Å². The summed E-state index contributed by atoms with van der Waals surface area (Å²) in [5.74, 6) is 1.56. The standard InChI is InChI=1S/C23H33N3O3/c1-6-7-12-28-21-14-18(2)22(19(3)15-21)11-9-8-10-13-29-23-16-20(17-24-27-5)26(4)25-23/h6-7,14-17H,8-13H2,1-5H3/b7-6+,24-17+. The topological polar surface area (TPSA) is 57.9 Å². The maximum atomic E-state index is 5.77. The predicted octanol–water partition coefficient (Wildman–Crippen LogP) is 4.76. The van der Waals surface area contributed by atoms with Gasteiger partial charge in [0.1, 0.15) is 19.5 Å². The van der Waals surface area contributed by atoms with Gasteiger partial charge < -0.3 is 14.3 Å². The van der Waals surface area contributed by atoms with Crippen LogP contribution >= 0.6 is 0 Å². The Kier molecular flexibility index (Phi) is 9.28. The van der Waals surface area contributed by atoms with E-state index >= 15 is 0 Å². The Morgan fingerprint density at radius 3 is 2.52 bits per heavy atom. The van der Waals surface area contributed by atoms with E-state index in [1.165, 1.54) is 23.8 Å². The van der Waals surface area contributed by atoms with Crippen molar-refractivity contribution in [2.45, 2.75) is 46.5 Å². The van der Waals surface area contributed by atoms with Gasteiger partial charge >= 0.3 is 0 Å². The normalized spacial score (nSPS) is 11.5. The highest BCUT2D eigenvalue weighted by Gasteiger charge is 2.07. The molecule has 6 nitrogen and oxygen atoms in total. The van der Waals surface area contributed by atoms with Crippen molar-refractivity contribution >= 4 is 6.21 Å². The first-order valence-electron chi connectivity index (χ1n) is 10.1. The number of aryl methyl sites for hydroxylation is 3. The van der Waals surface area contributed by atoms with Crippen molar-refractivity contribution in [2.75, 3.05) is 20.3 Å². The van der Waals surface area contributed by atoms with Crippen LogP contribution in [0.4, 0.5) is 0 Å². The van der Waals surface area contributed by atoms with Crippen LogP contribution in [0.3, 0.4) is 0 Å². The van der Waals surface area contributed by atoms with Crippen molar-refractivity contribution in [3.8, 4) is 11.6 Å². The Morgan fingerprint density at radius 1 is 1.07 bits per heavy atom. The smallest absolute Gasteiger partial charge is 0.233 e. The van der Waals surface area contributed by atoms with E-state index in [4.69, 9.17) is 14.3 Å². The minimum atomic E-state index is 0.616. The summed E-state index contributed by atoms with van der Waals surface area (Å²) in [5, 5.41) is 8.07. The molecule has 2 rings (SSSR count). The number of allylic oxidation sites excluding steroid dienone is 1. The van der Waals surface area contributed by atoms with Crippen LogP contribution in [0.1, 0.15) is 48.6 Å². The van der Waals surface area contributed by atoms with Crippen LogP contribution in [0.5, 0.6) is 11.6 Å². The molecule has 0 radical (unpaired) electrons. The Bertz CT molecular complexity index is 802. The summed E-state index contributed by atoms with van der Waals surface area (Å²) in [4.78, 5) is 4.69. The van der Waals surface area contributed by atoms with E-state index in [1.54, 1.807) is 10.9 Å². The highest BCUT2D eigenvalue weighted by molar-refractivity contribution is 5.77. The van der Waals surface area contributed by atoms with E-state index in [0.717, 1.165) is 37.1 Å². The molecule has 0 N–H and O–H groups in total. The number of aromatic nitrogens is 2. The van der Waals surface area contributed by atoms with E-state index in [-0.39, 0.29) is 0 Å². The zero-order valence-corrected chi connectivity index (χ0v) is 18.3. The van der Waals surface area contributed by atoms with Gasteiger partial charge in [-0.15, -0.1) is 5.10 Å². The highest BCUT2D eigenvalue weighted by Crippen LogP contribution is 2.24. The van der Waals surface area contributed by atoms with Crippen molar-refractivity contribution < 1.29 is 14.3 Å². The summed E-state index contributed by atoms with van der Waals surface area (Å²) in [7, 11) is 3.37. The lowest BCUT2D eigenvalue weighted by Crippen LogP contribution is -2.01. The fourth-order valence-corrected chi connectivity index (χ4v) is 3.18. The van der Waals surface area contributed by atoms with Crippen molar-refractivity contribution in [3.05, 3.63) is 52.7 Å². The molecule has 0 aliphatic carbocycles. The largest absolute Gasteiger partial charge is 0.490 e. The van der Waals surface area contributed by atoms with Gasteiger partial charge in [-0.05, 0) is 75.3 Å². The Morgan fingerprint density at radius 2 is 1.83 bits per heavy atom. The third-order valence-corrected chi connectivity index (χ3v) is 4.76. The van der Waals surface area contributed by atoms with Crippen LogP contribution in [0.15, 0.2) is 35.5 Å². The minimum absolute atomic E-state index is 0.616. The Labute approximate surface area is 174 Å². The molecule has 0 spiro atoms. The first kappa shape index (κ1) is 22.5. The monoisotopic (exact) mass is 399 g/mol. The molecule has 0 amide bonds. The van der Waals surface area contributed by atoms with Gasteiger partial charge in [-0.3, -0.25) is 4.68 Å². The lowest BCUT2D eigenvalue weighted by Gasteiger charge is -2.13. The lowest BCUT2D eigenvalue weighted by atomic mass is 9.97. The molecule has 0 atom stereocenters. The molecular weight excluding hydrogens is 366 g/mol. The zero-order valence-electron chi connectivity index (χ0n) is 18.3. The van der Waals surface area contributed by atoms with Gasteiger partial charge in [-0.2, -0.15) is 0 Å². The number of oxime groups is 1. The molecule has 1 heterocycles. The SMILES string of the molecule is C/C=C/COc1cc(C)c(CCCCCOc2cc(/C=N/OC)n(C)n2)c(C)c1. The van der Waals surface area contributed by atoms with Gasteiger partial charge in [0.25, 0.3) is 0 Å². The summed E-state index contributed by atoms with van der Waals surface area (Å²) in [6.07, 6.45) is 9.96.